The number of alkyl halides is 1. The fourth-order valence-electron chi connectivity index (χ4n) is 4.67. The Balaban J connectivity index is 1.42. The molecule has 0 unspecified atom stereocenters. The molecule has 0 spiro atoms. The van der Waals surface area contributed by atoms with Crippen LogP contribution in [-0.2, 0) is 36.9 Å². The van der Waals surface area contributed by atoms with Gasteiger partial charge in [-0.15, -0.1) is 11.6 Å². The van der Waals surface area contributed by atoms with E-state index in [1.807, 2.05) is 91.0 Å². The number of halogens is 1. The van der Waals surface area contributed by atoms with Gasteiger partial charge in [0.15, 0.2) is 12.2 Å². The van der Waals surface area contributed by atoms with Gasteiger partial charge in [0.05, 0.1) is 13.2 Å². The molecule has 2 saturated heterocycles. The highest BCUT2D eigenvalue weighted by Gasteiger charge is 2.58. The summed E-state index contributed by atoms with van der Waals surface area (Å²) in [7, 11) is 0. The van der Waals surface area contributed by atoms with E-state index in [1.165, 1.54) is 11.8 Å². The molecule has 0 bridgehead atoms. The summed E-state index contributed by atoms with van der Waals surface area (Å²) in [5, 5.41) is 0. The van der Waals surface area contributed by atoms with Crippen LogP contribution < -0.4 is 0 Å². The maximum atomic E-state index is 13.2. The molecule has 9 heteroatoms. The predicted octanol–water partition coefficient (Wildman–Crippen LogP) is 5.26. The van der Waals surface area contributed by atoms with Crippen LogP contribution in [-0.4, -0.2) is 59.2 Å². The molecule has 1 amide bonds. The summed E-state index contributed by atoms with van der Waals surface area (Å²) in [5.41, 5.74) is 1.47. The molecule has 198 valence electrons. The molecule has 3 aromatic carbocycles. The molecule has 3 aromatic rings. The number of ether oxygens (including phenoxy) is 4. The highest BCUT2D eigenvalue weighted by atomic mass is 35.5. The lowest BCUT2D eigenvalue weighted by molar-refractivity contribution is -0.195. The molecule has 0 saturated carbocycles. The fourth-order valence-corrected chi connectivity index (χ4v) is 5.95. The monoisotopic (exact) mass is 553 g/mol. The standard InChI is InChI=1S/C29H28ClNO6S/c30-16-24(32)36-26-23(19-34-18-21-12-6-2-7-13-21)35-28(38-22-14-8-3-9-15-22)25-27(26)37-29(33)31(25)17-20-10-4-1-5-11-20/h1-15,23,25-28H,16-19H2/t23-,25-,26-,27-,28+/m1/s1. The lowest BCUT2D eigenvalue weighted by atomic mass is 9.97. The van der Waals surface area contributed by atoms with Crippen LogP contribution in [0.1, 0.15) is 11.1 Å². The predicted molar refractivity (Wildman–Crippen MR) is 144 cm³/mol. The number of thioether (sulfide) groups is 1. The van der Waals surface area contributed by atoms with Gasteiger partial charge < -0.3 is 18.9 Å². The number of esters is 1. The van der Waals surface area contributed by atoms with E-state index in [0.29, 0.717) is 13.2 Å². The van der Waals surface area contributed by atoms with Crippen molar-refractivity contribution >= 4 is 35.4 Å². The van der Waals surface area contributed by atoms with Crippen molar-refractivity contribution in [2.24, 2.45) is 0 Å². The maximum Gasteiger partial charge on any atom is 0.411 e. The lowest BCUT2D eigenvalue weighted by Crippen LogP contribution is -2.60. The van der Waals surface area contributed by atoms with Gasteiger partial charge in [-0.3, -0.25) is 9.69 Å². The van der Waals surface area contributed by atoms with E-state index < -0.39 is 41.9 Å². The Morgan fingerprint density at radius 2 is 1.55 bits per heavy atom. The molecule has 2 aliphatic rings. The lowest BCUT2D eigenvalue weighted by Gasteiger charge is -2.43. The first-order valence-electron chi connectivity index (χ1n) is 12.4. The second kappa shape index (κ2) is 12.7. The van der Waals surface area contributed by atoms with Crippen molar-refractivity contribution in [3.05, 3.63) is 102 Å². The number of rotatable bonds is 10. The first-order valence-corrected chi connectivity index (χ1v) is 13.8. The molecule has 2 aliphatic heterocycles. The maximum absolute atomic E-state index is 13.2. The molecule has 0 radical (unpaired) electrons. The van der Waals surface area contributed by atoms with E-state index in [9.17, 15) is 9.59 Å². The van der Waals surface area contributed by atoms with Gasteiger partial charge in [-0.25, -0.2) is 4.79 Å². The number of benzene rings is 3. The zero-order valence-corrected chi connectivity index (χ0v) is 22.1. The Labute approximate surface area is 231 Å². The van der Waals surface area contributed by atoms with Crippen LogP contribution in [0.2, 0.25) is 0 Å². The van der Waals surface area contributed by atoms with Crippen LogP contribution in [0.25, 0.3) is 0 Å². The molecule has 0 aliphatic carbocycles. The summed E-state index contributed by atoms with van der Waals surface area (Å²) >= 11 is 7.28. The van der Waals surface area contributed by atoms with Gasteiger partial charge >= 0.3 is 12.1 Å². The fraction of sp³-hybridized carbons (Fsp3) is 0.310. The SMILES string of the molecule is O=C(CCl)O[C@H]1[C@@H]2OC(=O)N(Cc3ccccc3)[C@H]2[C@H](Sc2ccccc2)O[C@@H]1COCc1ccccc1. The average Bonchev–Trinajstić information content (AvgIpc) is 3.28. The third kappa shape index (κ3) is 6.32. The summed E-state index contributed by atoms with van der Waals surface area (Å²) in [6.45, 7) is 0.837. The first kappa shape index (κ1) is 26.6. The van der Waals surface area contributed by atoms with Gasteiger partial charge in [-0.1, -0.05) is 90.6 Å². The summed E-state index contributed by atoms with van der Waals surface area (Å²) in [6, 6.07) is 28.8. The van der Waals surface area contributed by atoms with Crippen molar-refractivity contribution in [3.63, 3.8) is 0 Å². The zero-order valence-electron chi connectivity index (χ0n) is 20.6. The topological polar surface area (TPSA) is 74.3 Å². The van der Waals surface area contributed by atoms with Crippen molar-refractivity contribution in [2.45, 2.75) is 47.8 Å². The summed E-state index contributed by atoms with van der Waals surface area (Å²) in [5.74, 6) is -0.936. The van der Waals surface area contributed by atoms with Crippen molar-refractivity contribution in [1.82, 2.24) is 4.90 Å². The molecule has 0 aromatic heterocycles. The van der Waals surface area contributed by atoms with Crippen LogP contribution in [0, 0.1) is 0 Å². The van der Waals surface area contributed by atoms with E-state index >= 15 is 0 Å². The number of amides is 1. The quantitative estimate of drug-likeness (QED) is 0.250. The Kier molecular flexibility index (Phi) is 8.86. The van der Waals surface area contributed by atoms with E-state index in [0.717, 1.165) is 16.0 Å². The molecule has 5 rings (SSSR count). The molecule has 0 N–H and O–H groups in total. The number of hydrogen-bond acceptors (Lipinski definition) is 7. The molecular formula is C29H28ClNO6S. The number of hydrogen-bond donors (Lipinski definition) is 0. The Morgan fingerprint density at radius 3 is 2.21 bits per heavy atom. The second-order valence-electron chi connectivity index (χ2n) is 9.02. The number of carbonyl (C=O) groups excluding carboxylic acids is 2. The summed E-state index contributed by atoms with van der Waals surface area (Å²) in [4.78, 5) is 28.2. The van der Waals surface area contributed by atoms with Crippen LogP contribution in [0.5, 0.6) is 0 Å². The Bertz CT molecular complexity index is 1200. The van der Waals surface area contributed by atoms with Crippen LogP contribution in [0.15, 0.2) is 95.9 Å². The molecule has 2 fully saturated rings. The van der Waals surface area contributed by atoms with Crippen molar-refractivity contribution in [3.8, 4) is 0 Å². The Hall–Kier alpha value is -3.04. The molecular weight excluding hydrogens is 526 g/mol. The normalized spacial score (nSPS) is 24.5. The van der Waals surface area contributed by atoms with Crippen LogP contribution >= 0.6 is 23.4 Å². The van der Waals surface area contributed by atoms with E-state index in [1.54, 1.807) is 4.90 Å². The number of fused-ring (bicyclic) bond motifs is 1. The van der Waals surface area contributed by atoms with Crippen molar-refractivity contribution < 1.29 is 28.5 Å². The van der Waals surface area contributed by atoms with Crippen LogP contribution in [0.3, 0.4) is 0 Å². The zero-order chi connectivity index (χ0) is 26.3. The van der Waals surface area contributed by atoms with Gasteiger partial charge in [-0.05, 0) is 23.3 Å². The highest BCUT2D eigenvalue weighted by Crippen LogP contribution is 2.42. The number of nitrogens with zero attached hydrogens (tertiary/aromatic N) is 1. The molecule has 7 nitrogen and oxygen atoms in total. The number of carbonyl (C=O) groups is 2. The van der Waals surface area contributed by atoms with Crippen LogP contribution in [0.4, 0.5) is 4.79 Å². The minimum atomic E-state index is -0.876. The highest BCUT2D eigenvalue weighted by molar-refractivity contribution is 7.99. The molecule has 5 atom stereocenters. The summed E-state index contributed by atoms with van der Waals surface area (Å²) in [6.07, 6.45) is -2.78. The second-order valence-corrected chi connectivity index (χ2v) is 10.5. The smallest absolute Gasteiger partial charge is 0.411 e. The first-order chi connectivity index (χ1) is 18.6. The Morgan fingerprint density at radius 1 is 0.921 bits per heavy atom. The molecule has 2 heterocycles. The summed E-state index contributed by atoms with van der Waals surface area (Å²) < 4.78 is 24.2. The van der Waals surface area contributed by atoms with Gasteiger partial charge in [0.2, 0.25) is 0 Å². The van der Waals surface area contributed by atoms with Gasteiger partial charge in [0.1, 0.15) is 23.5 Å². The van der Waals surface area contributed by atoms with Gasteiger partial charge in [0.25, 0.3) is 0 Å². The largest absolute Gasteiger partial charge is 0.455 e. The minimum Gasteiger partial charge on any atom is -0.455 e. The molecule has 38 heavy (non-hydrogen) atoms. The van der Waals surface area contributed by atoms with Gasteiger partial charge in [-0.2, -0.15) is 0 Å². The van der Waals surface area contributed by atoms with E-state index in [-0.39, 0.29) is 12.5 Å². The average molecular weight is 554 g/mol. The third-order valence-corrected chi connectivity index (χ3v) is 7.79. The minimum absolute atomic E-state index is 0.139. The van der Waals surface area contributed by atoms with Crippen molar-refractivity contribution in [1.29, 1.82) is 0 Å². The van der Waals surface area contributed by atoms with E-state index in [4.69, 9.17) is 30.5 Å². The van der Waals surface area contributed by atoms with E-state index in [2.05, 4.69) is 0 Å². The van der Waals surface area contributed by atoms with Crippen molar-refractivity contribution in [2.75, 3.05) is 12.5 Å². The van der Waals surface area contributed by atoms with Gasteiger partial charge in [0, 0.05) is 11.4 Å². The third-order valence-electron chi connectivity index (χ3n) is 6.41.